The molecule has 10 heteroatoms. The van der Waals surface area contributed by atoms with E-state index < -0.39 is 25.8 Å². The number of nitrogens with one attached hydrogen (secondary N) is 1. The monoisotopic (exact) mass is 463 g/mol. The molecule has 0 unspecified atom stereocenters. The van der Waals surface area contributed by atoms with E-state index in [4.69, 9.17) is 0 Å². The molecule has 0 atom stereocenters. The Morgan fingerprint density at radius 3 is 2.42 bits per heavy atom. The molecule has 0 saturated carbocycles. The highest BCUT2D eigenvalue weighted by molar-refractivity contribution is 7.91. The Bertz CT molecular complexity index is 1200. The highest BCUT2D eigenvalue weighted by atomic mass is 32.2. The van der Waals surface area contributed by atoms with Gasteiger partial charge in [0.1, 0.15) is 5.84 Å². The molecule has 1 saturated heterocycles. The van der Waals surface area contributed by atoms with Gasteiger partial charge in [-0.3, -0.25) is 4.79 Å². The number of hydrogen-bond acceptors (Lipinski definition) is 5. The molecule has 1 aliphatic heterocycles. The van der Waals surface area contributed by atoms with Crippen molar-refractivity contribution in [1.82, 2.24) is 4.90 Å². The second-order valence-electron chi connectivity index (χ2n) is 7.47. The van der Waals surface area contributed by atoms with Crippen LogP contribution in [0.5, 0.6) is 0 Å². The van der Waals surface area contributed by atoms with Gasteiger partial charge in [0.15, 0.2) is 9.84 Å². The molecule has 2 aromatic rings. The second kappa shape index (κ2) is 9.19. The fourth-order valence-electron chi connectivity index (χ4n) is 3.15. The van der Waals surface area contributed by atoms with E-state index in [-0.39, 0.29) is 27.7 Å². The number of amides is 1. The number of sulfonamides is 1. The predicted octanol–water partition coefficient (Wildman–Crippen LogP) is 2.61. The molecule has 1 aliphatic rings. The van der Waals surface area contributed by atoms with Crippen LogP contribution in [0.15, 0.2) is 62.7 Å². The first-order valence-corrected chi connectivity index (χ1v) is 12.9. The van der Waals surface area contributed by atoms with E-state index >= 15 is 0 Å². The van der Waals surface area contributed by atoms with E-state index in [2.05, 4.69) is 9.71 Å². The van der Waals surface area contributed by atoms with Gasteiger partial charge in [-0.25, -0.2) is 8.42 Å². The average molecular weight is 464 g/mol. The van der Waals surface area contributed by atoms with Crippen LogP contribution in [0.3, 0.4) is 0 Å². The highest BCUT2D eigenvalue weighted by Crippen LogP contribution is 2.20. The number of benzene rings is 2. The molecule has 1 heterocycles. The van der Waals surface area contributed by atoms with Gasteiger partial charge in [0.2, 0.25) is 5.91 Å². The molecular formula is C21H25N3O5S2. The third kappa shape index (κ3) is 5.92. The molecule has 0 aromatic heterocycles. The molecule has 1 amide bonds. The summed E-state index contributed by atoms with van der Waals surface area (Å²) in [5, 5.41) is 2.56. The standard InChI is InChI=1S/C21H25N3O5S2/c1-16-8-10-18(11-9-16)30(26,27)14-12-21(25)22-17-5-3-6-19(15-17)31(28,29)23-20-7-4-13-24(20)2/h3,5-6,8-11,15H,4,7,12-14H2,1-2H3,(H,22,25)/b23-20+. The average Bonchev–Trinajstić information content (AvgIpc) is 3.11. The first kappa shape index (κ1) is 23.0. The number of hydrogen-bond donors (Lipinski definition) is 1. The maximum atomic E-state index is 12.6. The number of amidine groups is 1. The number of nitrogens with zero attached hydrogens (tertiary/aromatic N) is 2. The molecule has 0 bridgehead atoms. The van der Waals surface area contributed by atoms with Crippen LogP contribution in [-0.4, -0.2) is 52.8 Å². The van der Waals surface area contributed by atoms with Crippen LogP contribution in [0.2, 0.25) is 0 Å². The first-order chi connectivity index (χ1) is 14.6. The van der Waals surface area contributed by atoms with Crippen LogP contribution in [0, 0.1) is 6.92 Å². The first-order valence-electron chi connectivity index (χ1n) is 9.81. The lowest BCUT2D eigenvalue weighted by Gasteiger charge is -2.11. The Morgan fingerprint density at radius 2 is 1.77 bits per heavy atom. The number of carbonyl (C=O) groups is 1. The molecular weight excluding hydrogens is 438 g/mol. The van der Waals surface area contributed by atoms with E-state index in [0.717, 1.165) is 18.5 Å². The van der Waals surface area contributed by atoms with Gasteiger partial charge in [-0.1, -0.05) is 23.8 Å². The van der Waals surface area contributed by atoms with Gasteiger partial charge in [-0.05, 0) is 43.7 Å². The molecule has 31 heavy (non-hydrogen) atoms. The predicted molar refractivity (Wildman–Crippen MR) is 119 cm³/mol. The van der Waals surface area contributed by atoms with E-state index in [0.29, 0.717) is 12.3 Å². The normalized spacial score (nSPS) is 15.9. The van der Waals surface area contributed by atoms with Crippen LogP contribution in [0.25, 0.3) is 0 Å². The molecule has 3 rings (SSSR count). The zero-order valence-corrected chi connectivity index (χ0v) is 19.0. The third-order valence-corrected chi connectivity index (χ3v) is 7.99. The minimum atomic E-state index is -3.91. The van der Waals surface area contributed by atoms with Gasteiger partial charge in [0, 0.05) is 32.1 Å². The van der Waals surface area contributed by atoms with E-state index in [1.165, 1.54) is 30.3 Å². The van der Waals surface area contributed by atoms with Crippen molar-refractivity contribution >= 4 is 37.3 Å². The number of aryl methyl sites for hydroxylation is 1. The molecule has 0 aliphatic carbocycles. The Labute approximate surface area is 183 Å². The summed E-state index contributed by atoms with van der Waals surface area (Å²) >= 11 is 0. The van der Waals surface area contributed by atoms with Crippen molar-refractivity contribution in [3.63, 3.8) is 0 Å². The van der Waals surface area contributed by atoms with Gasteiger partial charge in [-0.15, -0.1) is 4.40 Å². The smallest absolute Gasteiger partial charge is 0.284 e. The number of likely N-dealkylation sites (tertiary alicyclic amines) is 1. The quantitative estimate of drug-likeness (QED) is 0.675. The van der Waals surface area contributed by atoms with E-state index in [9.17, 15) is 21.6 Å². The van der Waals surface area contributed by atoms with Crippen LogP contribution >= 0.6 is 0 Å². The number of sulfone groups is 1. The van der Waals surface area contributed by atoms with Crippen molar-refractivity contribution in [3.05, 3.63) is 54.1 Å². The highest BCUT2D eigenvalue weighted by Gasteiger charge is 2.21. The van der Waals surface area contributed by atoms with Gasteiger partial charge in [-0.2, -0.15) is 8.42 Å². The SMILES string of the molecule is Cc1ccc(S(=O)(=O)CCC(=O)Nc2cccc(S(=O)(=O)/N=C3\CCCN3C)c2)cc1. The summed E-state index contributed by atoms with van der Waals surface area (Å²) in [6.07, 6.45) is 1.20. The second-order valence-corrected chi connectivity index (χ2v) is 11.2. The molecule has 2 aromatic carbocycles. The summed E-state index contributed by atoms with van der Waals surface area (Å²) in [6.45, 7) is 2.62. The minimum absolute atomic E-state index is 0.0367. The molecule has 0 spiro atoms. The summed E-state index contributed by atoms with van der Waals surface area (Å²) < 4.78 is 53.9. The molecule has 0 radical (unpaired) electrons. The molecule has 166 valence electrons. The number of anilines is 1. The lowest BCUT2D eigenvalue weighted by atomic mass is 10.2. The maximum absolute atomic E-state index is 12.6. The minimum Gasteiger partial charge on any atom is -0.362 e. The van der Waals surface area contributed by atoms with Crippen molar-refractivity contribution in [2.75, 3.05) is 24.7 Å². The van der Waals surface area contributed by atoms with Crippen LogP contribution in [0.4, 0.5) is 5.69 Å². The Hall–Kier alpha value is -2.72. The zero-order valence-electron chi connectivity index (χ0n) is 17.4. The third-order valence-electron chi connectivity index (χ3n) is 4.95. The lowest BCUT2D eigenvalue weighted by molar-refractivity contribution is -0.115. The van der Waals surface area contributed by atoms with Gasteiger partial charge >= 0.3 is 0 Å². The van der Waals surface area contributed by atoms with Crippen LogP contribution in [0.1, 0.15) is 24.8 Å². The summed E-state index contributed by atoms with van der Waals surface area (Å²) in [5.41, 5.74) is 1.20. The topological polar surface area (TPSA) is 113 Å². The van der Waals surface area contributed by atoms with Crippen molar-refractivity contribution in [2.45, 2.75) is 36.0 Å². The zero-order chi connectivity index (χ0) is 22.6. The molecule has 1 N–H and O–H groups in total. The lowest BCUT2D eigenvalue weighted by Crippen LogP contribution is -2.20. The fourth-order valence-corrected chi connectivity index (χ4v) is 5.53. The fraction of sp³-hybridized carbons (Fsp3) is 0.333. The van der Waals surface area contributed by atoms with Crippen molar-refractivity contribution in [2.24, 2.45) is 4.40 Å². The number of rotatable bonds is 7. The Morgan fingerprint density at radius 1 is 1.06 bits per heavy atom. The summed E-state index contributed by atoms with van der Waals surface area (Å²) in [5.74, 6) is -0.359. The maximum Gasteiger partial charge on any atom is 0.284 e. The molecule has 1 fully saturated rings. The largest absolute Gasteiger partial charge is 0.362 e. The number of carbonyl (C=O) groups excluding carboxylic acids is 1. The van der Waals surface area contributed by atoms with Crippen molar-refractivity contribution in [3.8, 4) is 0 Å². The van der Waals surface area contributed by atoms with E-state index in [1.54, 1.807) is 30.1 Å². The van der Waals surface area contributed by atoms with Gasteiger partial charge in [0.05, 0.1) is 15.5 Å². The van der Waals surface area contributed by atoms with Gasteiger partial charge < -0.3 is 10.2 Å². The Kier molecular flexibility index (Phi) is 6.80. The summed E-state index contributed by atoms with van der Waals surface area (Å²) in [6, 6.07) is 12.2. The van der Waals surface area contributed by atoms with Crippen molar-refractivity contribution in [1.29, 1.82) is 0 Å². The summed E-state index contributed by atoms with van der Waals surface area (Å²) in [7, 11) is -5.71. The van der Waals surface area contributed by atoms with E-state index in [1.807, 2.05) is 6.92 Å². The molecule has 8 nitrogen and oxygen atoms in total. The van der Waals surface area contributed by atoms with Crippen molar-refractivity contribution < 1.29 is 21.6 Å². The van der Waals surface area contributed by atoms with Crippen LogP contribution < -0.4 is 5.32 Å². The van der Waals surface area contributed by atoms with Crippen LogP contribution in [-0.2, 0) is 24.7 Å². The summed E-state index contributed by atoms with van der Waals surface area (Å²) in [4.78, 5) is 14.2. The van der Waals surface area contributed by atoms with Gasteiger partial charge in [0.25, 0.3) is 10.0 Å². The Balaban J connectivity index is 1.66.